The zero-order chi connectivity index (χ0) is 17.7. The summed E-state index contributed by atoms with van der Waals surface area (Å²) in [4.78, 5) is 18.9. The van der Waals surface area contributed by atoms with Crippen LogP contribution in [0.3, 0.4) is 0 Å². The first-order chi connectivity index (χ1) is 12.8. The molecule has 3 heterocycles. The number of pyridine rings is 2. The molecule has 0 saturated heterocycles. The molecule has 0 saturated carbocycles. The fraction of sp³-hybridized carbons (Fsp3) is 0. The van der Waals surface area contributed by atoms with E-state index >= 15 is 0 Å². The van der Waals surface area contributed by atoms with E-state index in [1.54, 1.807) is 12.4 Å². The van der Waals surface area contributed by atoms with E-state index in [0.29, 0.717) is 0 Å². The summed E-state index contributed by atoms with van der Waals surface area (Å²) in [6.07, 6.45) is 7.19. The molecular formula is C22H14N4. The van der Waals surface area contributed by atoms with Gasteiger partial charge in [0.05, 0.1) is 33.1 Å². The summed E-state index contributed by atoms with van der Waals surface area (Å²) in [6.45, 7) is 7.77. The van der Waals surface area contributed by atoms with Gasteiger partial charge in [-0.15, -0.1) is 0 Å². The maximum absolute atomic E-state index is 4.93. The van der Waals surface area contributed by atoms with Crippen LogP contribution in [-0.4, -0.2) is 19.9 Å². The van der Waals surface area contributed by atoms with Crippen LogP contribution in [-0.2, 0) is 0 Å². The third-order valence-corrected chi connectivity index (χ3v) is 4.66. The Labute approximate surface area is 149 Å². The van der Waals surface area contributed by atoms with Crippen LogP contribution < -0.4 is 0 Å². The van der Waals surface area contributed by atoms with Crippen LogP contribution in [0.15, 0.2) is 61.9 Å². The van der Waals surface area contributed by atoms with E-state index in [4.69, 9.17) is 9.97 Å². The molecule has 0 fully saturated rings. The number of benzene rings is 2. The minimum absolute atomic E-state index is 0.825. The molecule has 0 bridgehead atoms. The Morgan fingerprint density at radius 2 is 1.12 bits per heavy atom. The van der Waals surface area contributed by atoms with Crippen molar-refractivity contribution in [1.29, 1.82) is 0 Å². The highest BCUT2D eigenvalue weighted by Crippen LogP contribution is 2.32. The maximum Gasteiger partial charge on any atom is 0.0996 e. The minimum Gasteiger partial charge on any atom is -0.254 e. The largest absolute Gasteiger partial charge is 0.254 e. The Balaban J connectivity index is 2.06. The van der Waals surface area contributed by atoms with Crippen molar-refractivity contribution in [1.82, 2.24) is 19.9 Å². The third kappa shape index (κ3) is 1.96. The number of hydrogen-bond donors (Lipinski definition) is 0. The molecular weight excluding hydrogens is 320 g/mol. The van der Waals surface area contributed by atoms with E-state index in [0.717, 1.165) is 55.0 Å². The van der Waals surface area contributed by atoms with Gasteiger partial charge in [-0.05, 0) is 47.5 Å². The van der Waals surface area contributed by atoms with Gasteiger partial charge >= 0.3 is 0 Å². The van der Waals surface area contributed by atoms with E-state index in [2.05, 4.69) is 23.1 Å². The third-order valence-electron chi connectivity index (χ3n) is 4.66. The molecule has 2 aromatic carbocycles. The molecule has 0 aliphatic rings. The Hall–Kier alpha value is -3.66. The molecule has 3 aromatic heterocycles. The fourth-order valence-corrected chi connectivity index (χ4v) is 3.43. The van der Waals surface area contributed by atoms with Gasteiger partial charge in [0, 0.05) is 23.2 Å². The zero-order valence-electron chi connectivity index (χ0n) is 14.0. The lowest BCUT2D eigenvalue weighted by atomic mass is 10.0. The quantitative estimate of drug-likeness (QED) is 0.330. The summed E-state index contributed by atoms with van der Waals surface area (Å²) in [6, 6.07) is 11.9. The molecule has 0 aliphatic heterocycles. The van der Waals surface area contributed by atoms with Gasteiger partial charge in [-0.2, -0.15) is 0 Å². The lowest BCUT2D eigenvalue weighted by molar-refractivity contribution is 1.36. The Bertz CT molecular complexity index is 1260. The van der Waals surface area contributed by atoms with Gasteiger partial charge in [0.2, 0.25) is 0 Å². The number of fused-ring (bicyclic) bond motifs is 7. The predicted molar refractivity (Wildman–Crippen MR) is 108 cm³/mol. The van der Waals surface area contributed by atoms with Crippen LogP contribution in [0.2, 0.25) is 0 Å². The molecule has 122 valence electrons. The number of rotatable bonds is 2. The van der Waals surface area contributed by atoms with E-state index in [-0.39, 0.29) is 0 Å². The maximum atomic E-state index is 4.93. The van der Waals surface area contributed by atoms with Crippen molar-refractivity contribution in [2.24, 2.45) is 0 Å². The molecule has 0 spiro atoms. The minimum atomic E-state index is 0.825. The van der Waals surface area contributed by atoms with Crippen LogP contribution in [0.5, 0.6) is 0 Å². The average molecular weight is 334 g/mol. The molecule has 4 nitrogen and oxygen atoms in total. The molecule has 0 unspecified atom stereocenters. The predicted octanol–water partition coefficient (Wildman–Crippen LogP) is 5.17. The van der Waals surface area contributed by atoms with E-state index in [9.17, 15) is 0 Å². The lowest BCUT2D eigenvalue weighted by Gasteiger charge is -2.10. The Morgan fingerprint density at radius 1 is 0.654 bits per heavy atom. The average Bonchev–Trinajstić information content (AvgIpc) is 2.71. The first-order valence-corrected chi connectivity index (χ1v) is 8.32. The number of nitrogens with zero attached hydrogens (tertiary/aromatic N) is 4. The first-order valence-electron chi connectivity index (χ1n) is 8.32. The van der Waals surface area contributed by atoms with Crippen molar-refractivity contribution in [2.45, 2.75) is 0 Å². The summed E-state index contributed by atoms with van der Waals surface area (Å²) >= 11 is 0. The second-order valence-corrected chi connectivity index (χ2v) is 6.10. The van der Waals surface area contributed by atoms with Crippen LogP contribution in [0.1, 0.15) is 11.1 Å². The van der Waals surface area contributed by atoms with Crippen LogP contribution in [0.4, 0.5) is 0 Å². The molecule has 0 N–H and O–H groups in total. The topological polar surface area (TPSA) is 51.6 Å². The van der Waals surface area contributed by atoms with E-state index in [1.165, 1.54) is 0 Å². The van der Waals surface area contributed by atoms with E-state index in [1.807, 2.05) is 48.6 Å². The van der Waals surface area contributed by atoms with Gasteiger partial charge in [0.25, 0.3) is 0 Å². The molecule has 0 amide bonds. The van der Waals surface area contributed by atoms with Crippen molar-refractivity contribution >= 4 is 56.0 Å². The Kier molecular flexibility index (Phi) is 3.06. The van der Waals surface area contributed by atoms with Gasteiger partial charge in [0.1, 0.15) is 0 Å². The monoisotopic (exact) mass is 334 g/mol. The number of hydrogen-bond acceptors (Lipinski definition) is 4. The van der Waals surface area contributed by atoms with Gasteiger partial charge < -0.3 is 0 Å². The van der Waals surface area contributed by atoms with Crippen molar-refractivity contribution < 1.29 is 0 Å². The van der Waals surface area contributed by atoms with Gasteiger partial charge in [0.15, 0.2) is 0 Å². The molecule has 5 rings (SSSR count). The van der Waals surface area contributed by atoms with Crippen LogP contribution in [0.25, 0.3) is 56.0 Å². The molecule has 4 heteroatoms. The lowest BCUT2D eigenvalue weighted by Crippen LogP contribution is -1.94. The highest BCUT2D eigenvalue weighted by Gasteiger charge is 2.14. The van der Waals surface area contributed by atoms with Crippen molar-refractivity contribution in [3.05, 3.63) is 73.1 Å². The fourth-order valence-electron chi connectivity index (χ4n) is 3.43. The van der Waals surface area contributed by atoms with Gasteiger partial charge in [-0.1, -0.05) is 25.3 Å². The van der Waals surface area contributed by atoms with Gasteiger partial charge in [-0.3, -0.25) is 9.97 Å². The normalized spacial score (nSPS) is 11.4. The smallest absolute Gasteiger partial charge is 0.0996 e. The molecule has 0 aliphatic carbocycles. The van der Waals surface area contributed by atoms with Crippen LogP contribution >= 0.6 is 0 Å². The van der Waals surface area contributed by atoms with Gasteiger partial charge in [-0.25, -0.2) is 9.97 Å². The second kappa shape index (κ2) is 5.43. The molecule has 0 radical (unpaired) electrons. The number of aromatic nitrogens is 4. The first kappa shape index (κ1) is 14.7. The SMILES string of the molecule is C=Cc1cc2nc3c4cccnc4c4ncccc4c3nc2cc1C=C. The molecule has 5 aromatic rings. The van der Waals surface area contributed by atoms with E-state index < -0.39 is 0 Å². The summed E-state index contributed by atoms with van der Waals surface area (Å²) in [5, 5.41) is 1.91. The standard InChI is InChI=1S/C22H14N4/c1-3-13-11-17-18(12-14(13)4-2)26-22-16-8-6-10-24-20(16)19-15(21(22)25-17)7-5-9-23-19/h3-12H,1-2H2. The summed E-state index contributed by atoms with van der Waals surface area (Å²) in [7, 11) is 0. The molecule has 0 atom stereocenters. The second-order valence-electron chi connectivity index (χ2n) is 6.10. The van der Waals surface area contributed by atoms with Crippen molar-refractivity contribution in [2.75, 3.05) is 0 Å². The summed E-state index contributed by atoms with van der Waals surface area (Å²) < 4.78 is 0. The molecule has 26 heavy (non-hydrogen) atoms. The van der Waals surface area contributed by atoms with Crippen molar-refractivity contribution in [3.8, 4) is 0 Å². The Morgan fingerprint density at radius 3 is 1.54 bits per heavy atom. The zero-order valence-corrected chi connectivity index (χ0v) is 14.0. The summed E-state index contributed by atoms with van der Waals surface area (Å²) in [5.74, 6) is 0. The van der Waals surface area contributed by atoms with Crippen LogP contribution in [0, 0.1) is 0 Å². The summed E-state index contributed by atoms with van der Waals surface area (Å²) in [5.41, 5.74) is 6.99. The highest BCUT2D eigenvalue weighted by atomic mass is 14.8. The van der Waals surface area contributed by atoms with Crippen molar-refractivity contribution in [3.63, 3.8) is 0 Å². The highest BCUT2D eigenvalue weighted by molar-refractivity contribution is 6.21.